The molecule has 0 unspecified atom stereocenters. The van der Waals surface area contributed by atoms with E-state index in [1.807, 2.05) is 0 Å². The van der Waals surface area contributed by atoms with E-state index >= 15 is 0 Å². The van der Waals surface area contributed by atoms with Gasteiger partial charge in [-0.25, -0.2) is 19.7 Å². The number of hydrogen-bond acceptors (Lipinski definition) is 5. The number of nitrogens with one attached hydrogen (secondary N) is 1. The quantitative estimate of drug-likeness (QED) is 0.829. The van der Waals surface area contributed by atoms with Crippen LogP contribution in [-0.2, 0) is 0 Å². The lowest BCUT2D eigenvalue weighted by molar-refractivity contribution is 0.0683. The molecule has 7 heteroatoms. The summed E-state index contributed by atoms with van der Waals surface area (Å²) in [6.45, 7) is 1.87. The van der Waals surface area contributed by atoms with Gasteiger partial charge in [0.05, 0.1) is 11.9 Å². The lowest BCUT2D eigenvalue weighted by Gasteiger charge is -2.33. The van der Waals surface area contributed by atoms with Crippen molar-refractivity contribution in [3.8, 4) is 11.5 Å². The van der Waals surface area contributed by atoms with Gasteiger partial charge in [0, 0.05) is 25.5 Å². The zero-order chi connectivity index (χ0) is 12.5. The standard InChI is InChI=1S/C11H11N5O2/c17-11(18)10-14-6-7(16-4-1-5-16)8(15-10)9-12-2-3-13-9/h2-3,6H,1,4-5H2,(H,12,13)(H,17,18). The molecule has 3 heterocycles. The summed E-state index contributed by atoms with van der Waals surface area (Å²) in [6, 6.07) is 0. The minimum Gasteiger partial charge on any atom is -0.475 e. The summed E-state index contributed by atoms with van der Waals surface area (Å²) >= 11 is 0. The van der Waals surface area contributed by atoms with Crippen LogP contribution in [-0.4, -0.2) is 44.1 Å². The van der Waals surface area contributed by atoms with Crippen LogP contribution in [0.1, 0.15) is 17.0 Å². The third kappa shape index (κ3) is 1.69. The topological polar surface area (TPSA) is 95.0 Å². The van der Waals surface area contributed by atoms with Crippen molar-refractivity contribution >= 4 is 11.7 Å². The summed E-state index contributed by atoms with van der Waals surface area (Å²) in [5.74, 6) is -0.801. The van der Waals surface area contributed by atoms with E-state index in [2.05, 4.69) is 24.8 Å². The van der Waals surface area contributed by atoms with Gasteiger partial charge in [-0.15, -0.1) is 0 Å². The Labute approximate surface area is 103 Å². The Kier molecular flexibility index (Phi) is 2.44. The maximum absolute atomic E-state index is 10.9. The van der Waals surface area contributed by atoms with Crippen molar-refractivity contribution in [2.45, 2.75) is 6.42 Å². The molecule has 1 fully saturated rings. The number of rotatable bonds is 3. The Morgan fingerprint density at radius 3 is 2.78 bits per heavy atom. The molecule has 7 nitrogen and oxygen atoms in total. The first kappa shape index (κ1) is 10.7. The number of aromatic carboxylic acids is 1. The molecule has 2 N–H and O–H groups in total. The molecule has 2 aromatic heterocycles. The van der Waals surface area contributed by atoms with Gasteiger partial charge in [0.1, 0.15) is 5.69 Å². The zero-order valence-corrected chi connectivity index (χ0v) is 9.50. The van der Waals surface area contributed by atoms with Crippen molar-refractivity contribution < 1.29 is 9.90 Å². The van der Waals surface area contributed by atoms with Crippen LogP contribution in [0.2, 0.25) is 0 Å². The Bertz CT molecular complexity index is 577. The number of hydrogen-bond donors (Lipinski definition) is 2. The average molecular weight is 245 g/mol. The first-order chi connectivity index (χ1) is 8.75. The van der Waals surface area contributed by atoms with Crippen molar-refractivity contribution in [1.82, 2.24) is 19.9 Å². The molecular formula is C11H11N5O2. The molecule has 0 atom stereocenters. The minimum absolute atomic E-state index is 0.217. The Hall–Kier alpha value is -2.44. The van der Waals surface area contributed by atoms with E-state index in [1.165, 1.54) is 0 Å². The number of aromatic nitrogens is 4. The number of carbonyl (C=O) groups is 1. The minimum atomic E-state index is -1.14. The highest BCUT2D eigenvalue weighted by Gasteiger charge is 2.22. The number of anilines is 1. The number of carboxylic acid groups (broad SMARTS) is 1. The second kappa shape index (κ2) is 4.10. The molecule has 18 heavy (non-hydrogen) atoms. The van der Waals surface area contributed by atoms with Crippen LogP contribution in [0.4, 0.5) is 5.69 Å². The van der Waals surface area contributed by atoms with E-state index < -0.39 is 5.97 Å². The van der Waals surface area contributed by atoms with Crippen LogP contribution in [0.25, 0.3) is 11.5 Å². The van der Waals surface area contributed by atoms with E-state index in [-0.39, 0.29) is 5.82 Å². The van der Waals surface area contributed by atoms with Crippen LogP contribution in [0.3, 0.4) is 0 Å². The second-order valence-corrected chi connectivity index (χ2v) is 4.01. The molecule has 0 aliphatic carbocycles. The first-order valence-electron chi connectivity index (χ1n) is 5.61. The fourth-order valence-corrected chi connectivity index (χ4v) is 1.84. The van der Waals surface area contributed by atoms with Crippen LogP contribution < -0.4 is 4.90 Å². The Morgan fingerprint density at radius 1 is 1.39 bits per heavy atom. The number of H-pyrrole nitrogens is 1. The van der Waals surface area contributed by atoms with Gasteiger partial charge < -0.3 is 15.0 Å². The normalized spacial score (nSPS) is 14.3. The molecule has 0 aromatic carbocycles. The van der Waals surface area contributed by atoms with Gasteiger partial charge in [-0.05, 0) is 6.42 Å². The predicted molar refractivity (Wildman–Crippen MR) is 63.4 cm³/mol. The average Bonchev–Trinajstić information content (AvgIpc) is 2.80. The van der Waals surface area contributed by atoms with Crippen molar-refractivity contribution in [3.63, 3.8) is 0 Å². The molecule has 3 rings (SSSR count). The SMILES string of the molecule is O=C(O)c1ncc(N2CCC2)c(-c2ncc[nH]2)n1. The van der Waals surface area contributed by atoms with E-state index in [0.717, 1.165) is 25.2 Å². The van der Waals surface area contributed by atoms with E-state index in [4.69, 9.17) is 5.11 Å². The maximum Gasteiger partial charge on any atom is 0.373 e. The molecular weight excluding hydrogens is 234 g/mol. The fraction of sp³-hybridized carbons (Fsp3) is 0.273. The summed E-state index contributed by atoms with van der Waals surface area (Å²) in [5, 5.41) is 8.94. The summed E-state index contributed by atoms with van der Waals surface area (Å²) in [7, 11) is 0. The van der Waals surface area contributed by atoms with E-state index in [9.17, 15) is 4.79 Å². The number of aromatic amines is 1. The van der Waals surface area contributed by atoms with Crippen molar-refractivity contribution in [2.75, 3.05) is 18.0 Å². The van der Waals surface area contributed by atoms with E-state index in [0.29, 0.717) is 11.5 Å². The first-order valence-corrected chi connectivity index (χ1v) is 5.61. The Balaban J connectivity index is 2.11. The summed E-state index contributed by atoms with van der Waals surface area (Å²) in [6.07, 6.45) is 5.96. The molecule has 2 aromatic rings. The maximum atomic E-state index is 10.9. The van der Waals surface area contributed by atoms with Gasteiger partial charge in [0.15, 0.2) is 5.82 Å². The molecule has 0 bridgehead atoms. The fourth-order valence-electron chi connectivity index (χ4n) is 1.84. The van der Waals surface area contributed by atoms with Crippen LogP contribution in [0.5, 0.6) is 0 Å². The summed E-state index contributed by atoms with van der Waals surface area (Å²) in [4.78, 5) is 28.0. The van der Waals surface area contributed by atoms with Crippen LogP contribution >= 0.6 is 0 Å². The van der Waals surface area contributed by atoms with Crippen molar-refractivity contribution in [2.24, 2.45) is 0 Å². The third-order valence-corrected chi connectivity index (χ3v) is 2.88. The number of nitrogens with zero attached hydrogens (tertiary/aromatic N) is 4. The smallest absolute Gasteiger partial charge is 0.373 e. The molecule has 1 aliphatic rings. The molecule has 0 saturated carbocycles. The zero-order valence-electron chi connectivity index (χ0n) is 9.50. The summed E-state index contributed by atoms with van der Waals surface area (Å²) in [5.41, 5.74) is 1.35. The molecule has 1 aliphatic heterocycles. The van der Waals surface area contributed by atoms with Gasteiger partial charge in [-0.2, -0.15) is 0 Å². The third-order valence-electron chi connectivity index (χ3n) is 2.88. The number of carboxylic acids is 1. The van der Waals surface area contributed by atoms with Crippen LogP contribution in [0.15, 0.2) is 18.6 Å². The largest absolute Gasteiger partial charge is 0.475 e. The highest BCUT2D eigenvalue weighted by atomic mass is 16.4. The lowest BCUT2D eigenvalue weighted by atomic mass is 10.1. The van der Waals surface area contributed by atoms with Gasteiger partial charge in [0.2, 0.25) is 5.82 Å². The lowest BCUT2D eigenvalue weighted by Crippen LogP contribution is -2.37. The molecule has 0 radical (unpaired) electrons. The highest BCUT2D eigenvalue weighted by molar-refractivity contribution is 5.85. The molecule has 0 spiro atoms. The molecule has 0 amide bonds. The number of imidazole rings is 1. The van der Waals surface area contributed by atoms with Gasteiger partial charge in [-0.3, -0.25) is 0 Å². The van der Waals surface area contributed by atoms with Crippen LogP contribution in [0, 0.1) is 0 Å². The van der Waals surface area contributed by atoms with Gasteiger partial charge in [-0.1, -0.05) is 0 Å². The molecule has 1 saturated heterocycles. The van der Waals surface area contributed by atoms with Crippen molar-refractivity contribution in [1.29, 1.82) is 0 Å². The predicted octanol–water partition coefficient (Wildman–Crippen LogP) is 0.775. The monoisotopic (exact) mass is 245 g/mol. The second-order valence-electron chi connectivity index (χ2n) is 4.01. The highest BCUT2D eigenvalue weighted by Crippen LogP contribution is 2.29. The Morgan fingerprint density at radius 2 is 2.22 bits per heavy atom. The van der Waals surface area contributed by atoms with Crippen molar-refractivity contribution in [3.05, 3.63) is 24.4 Å². The van der Waals surface area contributed by atoms with Gasteiger partial charge >= 0.3 is 5.97 Å². The van der Waals surface area contributed by atoms with E-state index in [1.54, 1.807) is 18.6 Å². The van der Waals surface area contributed by atoms with Gasteiger partial charge in [0.25, 0.3) is 0 Å². The summed E-state index contributed by atoms with van der Waals surface area (Å²) < 4.78 is 0. The molecule has 92 valence electrons.